The molecule has 0 fully saturated rings. The Labute approximate surface area is 225 Å². The van der Waals surface area contributed by atoms with Crippen LogP contribution in [0.3, 0.4) is 0 Å². The number of benzene rings is 2. The van der Waals surface area contributed by atoms with E-state index in [0.717, 1.165) is 12.1 Å². The summed E-state index contributed by atoms with van der Waals surface area (Å²) >= 11 is 0. The van der Waals surface area contributed by atoms with Crippen LogP contribution >= 0.6 is 0 Å². The van der Waals surface area contributed by atoms with E-state index in [1.807, 2.05) is 0 Å². The van der Waals surface area contributed by atoms with Crippen molar-refractivity contribution in [2.24, 2.45) is 0 Å². The van der Waals surface area contributed by atoms with Gasteiger partial charge in [0.1, 0.15) is 29.4 Å². The van der Waals surface area contributed by atoms with Gasteiger partial charge in [-0.05, 0) is 17.7 Å². The smallest absolute Gasteiger partial charge is 0.298 e. The predicted octanol–water partition coefficient (Wildman–Crippen LogP) is -1.56. The van der Waals surface area contributed by atoms with Crippen LogP contribution in [0.5, 0.6) is 0 Å². The summed E-state index contributed by atoms with van der Waals surface area (Å²) in [7, 11) is -38.7. The van der Waals surface area contributed by atoms with E-state index in [0.29, 0.717) is 12.1 Å². The van der Waals surface area contributed by atoms with Crippen LogP contribution in [0, 0.1) is 0 Å². The molecule has 2 aromatic carbocycles. The molecule has 0 aliphatic carbocycles. The first-order chi connectivity index (χ1) is 17.5. The zero-order valence-electron chi connectivity index (χ0n) is 18.5. The van der Waals surface area contributed by atoms with Crippen molar-refractivity contribution in [3.63, 3.8) is 0 Å². The van der Waals surface area contributed by atoms with Crippen molar-refractivity contribution < 1.29 is 77.8 Å². The molecule has 0 heterocycles. The standard InChI is InChI=1S/C14H14N2O18S6/c15-6-3-1-5(2-4-6)9(35(17,18)19)10(36(20,21)22)7-11(37(23,24)25)13(39(29,30)31)8(16)14(40(32,33)34)12(7)38(26,27)28/h1-4H,15-16H2,(H,17,18,19)(H,20,21,22)(H,23,24,25)(H,26,27,28)(H,29,30,31)(H,32,33,34)/b10-9+. The van der Waals surface area contributed by atoms with Gasteiger partial charge in [-0.25, -0.2) is 0 Å². The van der Waals surface area contributed by atoms with Gasteiger partial charge in [-0.15, -0.1) is 0 Å². The maximum absolute atomic E-state index is 12.5. The van der Waals surface area contributed by atoms with Gasteiger partial charge in [0.05, 0.1) is 5.69 Å². The highest BCUT2D eigenvalue weighted by Gasteiger charge is 2.46. The molecule has 0 bridgehead atoms. The molecular formula is C14H14N2O18S6. The van der Waals surface area contributed by atoms with Gasteiger partial charge in [-0.2, -0.15) is 50.5 Å². The Morgan fingerprint density at radius 2 is 0.775 bits per heavy atom. The third-order valence-electron chi connectivity index (χ3n) is 4.51. The van der Waals surface area contributed by atoms with Gasteiger partial charge in [0.25, 0.3) is 60.7 Å². The van der Waals surface area contributed by atoms with Gasteiger partial charge in [0.15, 0.2) is 0 Å². The minimum atomic E-state index is -6.60. The lowest BCUT2D eigenvalue weighted by molar-refractivity contribution is 0.457. The second-order valence-corrected chi connectivity index (χ2v) is 15.4. The maximum Gasteiger partial charge on any atom is 0.298 e. The van der Waals surface area contributed by atoms with E-state index >= 15 is 0 Å². The average molecular weight is 691 g/mol. The molecule has 40 heavy (non-hydrogen) atoms. The summed E-state index contributed by atoms with van der Waals surface area (Å²) in [5.41, 5.74) is 4.26. The van der Waals surface area contributed by atoms with Gasteiger partial charge in [0, 0.05) is 11.3 Å². The highest BCUT2D eigenvalue weighted by molar-refractivity contribution is 8.01. The Balaban J connectivity index is 3.91. The molecule has 2 aromatic rings. The van der Waals surface area contributed by atoms with Crippen LogP contribution in [0.1, 0.15) is 11.1 Å². The average Bonchev–Trinajstić information content (AvgIpc) is 2.67. The second kappa shape index (κ2) is 9.95. The fourth-order valence-corrected chi connectivity index (χ4v) is 10.1. The van der Waals surface area contributed by atoms with Crippen LogP contribution in [-0.2, 0) is 60.7 Å². The van der Waals surface area contributed by atoms with Crippen LogP contribution in [0.4, 0.5) is 11.4 Å². The molecule has 0 aliphatic heterocycles. The number of rotatable bonds is 8. The first kappa shape index (κ1) is 33.4. The largest absolute Gasteiger partial charge is 0.399 e. The molecule has 0 saturated heterocycles. The van der Waals surface area contributed by atoms with Crippen LogP contribution in [0.2, 0.25) is 0 Å². The Morgan fingerprint density at radius 1 is 0.475 bits per heavy atom. The normalized spacial score (nSPS) is 14.6. The number of hydrogen-bond acceptors (Lipinski definition) is 14. The van der Waals surface area contributed by atoms with Crippen molar-refractivity contribution >= 4 is 81.9 Å². The van der Waals surface area contributed by atoms with Crippen molar-refractivity contribution in [2.75, 3.05) is 11.5 Å². The first-order valence-electron chi connectivity index (χ1n) is 8.97. The SMILES string of the molecule is Nc1ccc(/C(=C(/c2c(S(=O)(=O)O)c(S(=O)(=O)O)c(N)c(S(=O)(=O)O)c2S(=O)(=O)O)S(=O)(=O)O)S(=O)(=O)O)cc1. The van der Waals surface area contributed by atoms with Crippen molar-refractivity contribution in [3.05, 3.63) is 35.4 Å². The summed E-state index contributed by atoms with van der Waals surface area (Å²) in [5, 5.41) is 0. The van der Waals surface area contributed by atoms with E-state index in [9.17, 15) is 77.8 Å². The lowest BCUT2D eigenvalue weighted by Gasteiger charge is -2.21. The van der Waals surface area contributed by atoms with Crippen molar-refractivity contribution in [1.82, 2.24) is 0 Å². The van der Waals surface area contributed by atoms with Crippen molar-refractivity contribution in [3.8, 4) is 0 Å². The van der Waals surface area contributed by atoms with Crippen molar-refractivity contribution in [2.45, 2.75) is 19.6 Å². The van der Waals surface area contributed by atoms with E-state index < -0.39 is 107 Å². The maximum atomic E-state index is 12.5. The molecule has 0 atom stereocenters. The van der Waals surface area contributed by atoms with Gasteiger partial charge in [0.2, 0.25) is 0 Å². The highest BCUT2D eigenvalue weighted by atomic mass is 32.2. The molecule has 0 saturated carbocycles. The molecule has 0 radical (unpaired) electrons. The quantitative estimate of drug-likeness (QED) is 0.0881. The van der Waals surface area contributed by atoms with Gasteiger partial charge < -0.3 is 11.5 Å². The number of hydrogen-bond donors (Lipinski definition) is 8. The third-order valence-corrected chi connectivity index (χ3v) is 10.5. The summed E-state index contributed by atoms with van der Waals surface area (Å²) in [6, 6.07) is 2.64. The van der Waals surface area contributed by atoms with Crippen LogP contribution in [-0.4, -0.2) is 77.8 Å². The lowest BCUT2D eigenvalue weighted by Crippen LogP contribution is -2.24. The molecule has 0 aliphatic rings. The number of nitrogens with two attached hydrogens (primary N) is 2. The molecule has 224 valence electrons. The highest BCUT2D eigenvalue weighted by Crippen LogP contribution is 2.47. The fourth-order valence-electron chi connectivity index (χ4n) is 3.28. The van der Waals surface area contributed by atoms with Gasteiger partial charge in [-0.3, -0.25) is 27.3 Å². The number of nitrogen functional groups attached to an aromatic ring is 2. The molecule has 0 spiro atoms. The summed E-state index contributed by atoms with van der Waals surface area (Å²) in [6.45, 7) is 0. The minimum Gasteiger partial charge on any atom is -0.399 e. The molecule has 0 unspecified atom stereocenters. The summed E-state index contributed by atoms with van der Waals surface area (Å²) in [5.74, 6) is 0. The van der Waals surface area contributed by atoms with E-state index in [1.54, 1.807) is 0 Å². The summed E-state index contributed by atoms with van der Waals surface area (Å²) in [6.07, 6.45) is 0. The van der Waals surface area contributed by atoms with Gasteiger partial charge in [-0.1, -0.05) is 12.1 Å². The van der Waals surface area contributed by atoms with Crippen molar-refractivity contribution in [1.29, 1.82) is 0 Å². The second-order valence-electron chi connectivity index (χ2n) is 7.24. The lowest BCUT2D eigenvalue weighted by atomic mass is 10.1. The first-order valence-corrected chi connectivity index (χ1v) is 17.6. The Morgan fingerprint density at radius 3 is 1.02 bits per heavy atom. The third kappa shape index (κ3) is 6.58. The van der Waals surface area contributed by atoms with Gasteiger partial charge >= 0.3 is 0 Å². The molecule has 0 aromatic heterocycles. The summed E-state index contributed by atoms with van der Waals surface area (Å²) < 4.78 is 206. The van der Waals surface area contributed by atoms with E-state index in [2.05, 4.69) is 0 Å². The summed E-state index contributed by atoms with van der Waals surface area (Å²) in [4.78, 5) is -15.6. The molecule has 10 N–H and O–H groups in total. The monoisotopic (exact) mass is 690 g/mol. The van der Waals surface area contributed by atoms with E-state index in [4.69, 9.17) is 11.5 Å². The van der Waals surface area contributed by atoms with E-state index in [-0.39, 0.29) is 5.69 Å². The zero-order valence-corrected chi connectivity index (χ0v) is 23.4. The molecule has 2 rings (SSSR count). The Bertz CT molecular complexity index is 2040. The Kier molecular flexibility index (Phi) is 8.32. The zero-order chi connectivity index (χ0) is 31.6. The Hall–Kier alpha value is -2.76. The molecular weight excluding hydrogens is 677 g/mol. The van der Waals surface area contributed by atoms with Crippen LogP contribution in [0.25, 0.3) is 9.81 Å². The topological polar surface area (TPSA) is 378 Å². The fraction of sp³-hybridized carbons (Fsp3) is 0. The van der Waals surface area contributed by atoms with E-state index in [1.165, 1.54) is 0 Å². The predicted molar refractivity (Wildman–Crippen MR) is 131 cm³/mol. The minimum absolute atomic E-state index is 0.195. The molecule has 26 heteroatoms. The van der Waals surface area contributed by atoms with Crippen LogP contribution < -0.4 is 11.5 Å². The number of anilines is 2. The molecule has 20 nitrogen and oxygen atoms in total. The molecule has 0 amide bonds. The van der Waals surface area contributed by atoms with Crippen LogP contribution in [0.15, 0.2) is 43.8 Å².